The number of likely N-dealkylation sites (tertiary alicyclic amines) is 1. The lowest BCUT2D eigenvalue weighted by Crippen LogP contribution is -2.41. The number of hydrogen-bond acceptors (Lipinski definition) is 4. The molecule has 1 aromatic rings. The van der Waals surface area contributed by atoms with Gasteiger partial charge >= 0.3 is 5.97 Å². The van der Waals surface area contributed by atoms with Crippen LogP contribution in [-0.4, -0.2) is 41.8 Å². The molecular formula is C19H26ClNO4. The summed E-state index contributed by atoms with van der Waals surface area (Å²) in [4.78, 5) is 13.9. The molecule has 3 unspecified atom stereocenters. The van der Waals surface area contributed by atoms with Crippen LogP contribution in [0.5, 0.6) is 11.5 Å². The van der Waals surface area contributed by atoms with Crippen LogP contribution in [0.1, 0.15) is 44.6 Å². The van der Waals surface area contributed by atoms with Crippen molar-refractivity contribution < 1.29 is 19.4 Å². The zero-order chi connectivity index (χ0) is 18.0. The van der Waals surface area contributed by atoms with Crippen LogP contribution in [-0.2, 0) is 11.3 Å². The molecule has 25 heavy (non-hydrogen) atoms. The van der Waals surface area contributed by atoms with Crippen LogP contribution in [0.25, 0.3) is 0 Å². The van der Waals surface area contributed by atoms with Gasteiger partial charge in [0.25, 0.3) is 0 Å². The van der Waals surface area contributed by atoms with E-state index < -0.39 is 12.0 Å². The Bertz CT molecular complexity index is 636. The minimum Gasteiger partial charge on any atom is -0.491 e. The SMILES string of the molecule is CCOc1cc(CN2C(C(=O)O)CC3CCCCC32)cc(Cl)c1OC. The second-order valence-corrected chi connectivity index (χ2v) is 7.32. The molecule has 0 amide bonds. The second-order valence-electron chi connectivity index (χ2n) is 6.92. The summed E-state index contributed by atoms with van der Waals surface area (Å²) in [5, 5.41) is 10.2. The lowest BCUT2D eigenvalue weighted by molar-refractivity contribution is -0.142. The van der Waals surface area contributed by atoms with Crippen molar-refractivity contribution in [3.63, 3.8) is 0 Å². The summed E-state index contributed by atoms with van der Waals surface area (Å²) in [6, 6.07) is 3.72. The van der Waals surface area contributed by atoms with E-state index in [1.807, 2.05) is 19.1 Å². The molecule has 2 fully saturated rings. The number of nitrogens with zero attached hydrogens (tertiary/aromatic N) is 1. The van der Waals surface area contributed by atoms with Crippen LogP contribution in [0.4, 0.5) is 0 Å². The third kappa shape index (κ3) is 3.72. The van der Waals surface area contributed by atoms with Gasteiger partial charge in [0, 0.05) is 12.6 Å². The number of carboxylic acid groups (broad SMARTS) is 1. The Hall–Kier alpha value is -1.46. The van der Waals surface area contributed by atoms with E-state index in [9.17, 15) is 9.90 Å². The molecule has 5 nitrogen and oxygen atoms in total. The van der Waals surface area contributed by atoms with Gasteiger partial charge in [-0.2, -0.15) is 0 Å². The number of carbonyl (C=O) groups is 1. The van der Waals surface area contributed by atoms with Crippen LogP contribution >= 0.6 is 11.6 Å². The van der Waals surface area contributed by atoms with E-state index >= 15 is 0 Å². The van der Waals surface area contributed by atoms with E-state index in [2.05, 4.69) is 4.90 Å². The number of aliphatic carboxylic acids is 1. The summed E-state index contributed by atoms with van der Waals surface area (Å²) in [5.41, 5.74) is 0.965. The Morgan fingerprint density at radius 1 is 1.36 bits per heavy atom. The predicted octanol–water partition coefficient (Wildman–Crippen LogP) is 3.97. The van der Waals surface area contributed by atoms with Gasteiger partial charge in [-0.25, -0.2) is 0 Å². The summed E-state index contributed by atoms with van der Waals surface area (Å²) in [5.74, 6) is 0.909. The topological polar surface area (TPSA) is 59.0 Å². The molecule has 1 aromatic carbocycles. The zero-order valence-corrected chi connectivity index (χ0v) is 15.6. The Kier molecular flexibility index (Phi) is 5.74. The average Bonchev–Trinajstić information content (AvgIpc) is 2.94. The van der Waals surface area contributed by atoms with Crippen LogP contribution in [0.2, 0.25) is 5.02 Å². The van der Waals surface area contributed by atoms with Crippen molar-refractivity contribution in [3.8, 4) is 11.5 Å². The Balaban J connectivity index is 1.87. The fraction of sp³-hybridized carbons (Fsp3) is 0.632. The van der Waals surface area contributed by atoms with Gasteiger partial charge in [-0.15, -0.1) is 0 Å². The Labute approximate surface area is 153 Å². The first-order valence-corrected chi connectivity index (χ1v) is 9.40. The van der Waals surface area contributed by atoms with E-state index in [0.717, 1.165) is 24.8 Å². The molecule has 2 aliphatic rings. The largest absolute Gasteiger partial charge is 0.491 e. The van der Waals surface area contributed by atoms with E-state index in [1.54, 1.807) is 7.11 Å². The predicted molar refractivity (Wildman–Crippen MR) is 96.5 cm³/mol. The van der Waals surface area contributed by atoms with Crippen molar-refractivity contribution in [3.05, 3.63) is 22.7 Å². The molecule has 1 aliphatic carbocycles. The molecule has 0 aromatic heterocycles. The third-order valence-corrected chi connectivity index (χ3v) is 5.73. The number of rotatable bonds is 6. The maximum atomic E-state index is 11.8. The van der Waals surface area contributed by atoms with Crippen molar-refractivity contribution in [2.75, 3.05) is 13.7 Å². The number of methoxy groups -OCH3 is 1. The zero-order valence-electron chi connectivity index (χ0n) is 14.8. The molecule has 1 saturated carbocycles. The molecule has 0 radical (unpaired) electrons. The minimum absolute atomic E-state index is 0.353. The highest BCUT2D eigenvalue weighted by Gasteiger charge is 2.45. The number of carboxylic acids is 1. The molecule has 1 heterocycles. The highest BCUT2D eigenvalue weighted by molar-refractivity contribution is 6.32. The van der Waals surface area contributed by atoms with Gasteiger partial charge in [-0.05, 0) is 49.8 Å². The summed E-state index contributed by atoms with van der Waals surface area (Å²) in [6.45, 7) is 3.00. The van der Waals surface area contributed by atoms with E-state index in [0.29, 0.717) is 41.6 Å². The van der Waals surface area contributed by atoms with Gasteiger partial charge < -0.3 is 14.6 Å². The third-order valence-electron chi connectivity index (χ3n) is 5.44. The van der Waals surface area contributed by atoms with Crippen LogP contribution in [0.15, 0.2) is 12.1 Å². The van der Waals surface area contributed by atoms with E-state index in [4.69, 9.17) is 21.1 Å². The molecule has 3 atom stereocenters. The highest BCUT2D eigenvalue weighted by Crippen LogP contribution is 2.42. The monoisotopic (exact) mass is 367 g/mol. The highest BCUT2D eigenvalue weighted by atomic mass is 35.5. The second kappa shape index (κ2) is 7.83. The van der Waals surface area contributed by atoms with Crippen molar-refractivity contribution in [1.29, 1.82) is 0 Å². The quantitative estimate of drug-likeness (QED) is 0.824. The van der Waals surface area contributed by atoms with Gasteiger partial charge in [-0.3, -0.25) is 9.69 Å². The van der Waals surface area contributed by atoms with Crippen molar-refractivity contribution in [2.24, 2.45) is 5.92 Å². The number of halogens is 1. The molecule has 1 saturated heterocycles. The van der Waals surface area contributed by atoms with Crippen molar-refractivity contribution in [2.45, 2.75) is 57.7 Å². The average molecular weight is 368 g/mol. The van der Waals surface area contributed by atoms with Crippen LogP contribution in [0, 0.1) is 5.92 Å². The lowest BCUT2D eigenvalue weighted by Gasteiger charge is -2.33. The molecule has 6 heteroatoms. The van der Waals surface area contributed by atoms with E-state index in [-0.39, 0.29) is 0 Å². The van der Waals surface area contributed by atoms with Crippen LogP contribution in [0.3, 0.4) is 0 Å². The maximum absolute atomic E-state index is 11.8. The van der Waals surface area contributed by atoms with Gasteiger partial charge in [-0.1, -0.05) is 24.4 Å². The molecule has 0 spiro atoms. The molecular weight excluding hydrogens is 342 g/mol. The molecule has 1 aliphatic heterocycles. The fourth-order valence-electron chi connectivity index (χ4n) is 4.41. The number of benzene rings is 1. The van der Waals surface area contributed by atoms with Crippen LogP contribution < -0.4 is 9.47 Å². The summed E-state index contributed by atoms with van der Waals surface area (Å²) in [7, 11) is 1.57. The van der Waals surface area contributed by atoms with Gasteiger partial charge in [0.1, 0.15) is 6.04 Å². The van der Waals surface area contributed by atoms with Gasteiger partial charge in [0.05, 0.1) is 18.7 Å². The number of fused-ring (bicyclic) bond motifs is 1. The normalized spacial score (nSPS) is 26.3. The summed E-state index contributed by atoms with van der Waals surface area (Å²) in [6.07, 6.45) is 5.36. The minimum atomic E-state index is -0.723. The van der Waals surface area contributed by atoms with Gasteiger partial charge in [0.2, 0.25) is 0 Å². The lowest BCUT2D eigenvalue weighted by atomic mass is 9.84. The molecule has 0 bridgehead atoms. The standard InChI is InChI=1S/C19H26ClNO4/c1-3-25-17-9-12(8-14(20)18(17)24-2)11-21-15-7-5-4-6-13(15)10-16(21)19(22)23/h8-9,13,15-16H,3-7,10-11H2,1-2H3,(H,22,23). The number of ether oxygens (including phenoxy) is 2. The first kappa shape index (κ1) is 18.3. The summed E-state index contributed by atoms with van der Waals surface area (Å²) < 4.78 is 11.0. The van der Waals surface area contributed by atoms with Crippen molar-refractivity contribution >= 4 is 17.6 Å². The first-order valence-electron chi connectivity index (χ1n) is 9.02. The molecule has 1 N–H and O–H groups in total. The Morgan fingerprint density at radius 2 is 2.12 bits per heavy atom. The maximum Gasteiger partial charge on any atom is 0.320 e. The summed E-state index contributed by atoms with van der Waals surface area (Å²) >= 11 is 6.35. The number of hydrogen-bond donors (Lipinski definition) is 1. The Morgan fingerprint density at radius 3 is 2.80 bits per heavy atom. The molecule has 3 rings (SSSR count). The first-order chi connectivity index (χ1) is 12.0. The fourth-order valence-corrected chi connectivity index (χ4v) is 4.72. The van der Waals surface area contributed by atoms with Crippen molar-refractivity contribution in [1.82, 2.24) is 4.90 Å². The van der Waals surface area contributed by atoms with E-state index in [1.165, 1.54) is 12.8 Å². The smallest absolute Gasteiger partial charge is 0.320 e. The van der Waals surface area contributed by atoms with Gasteiger partial charge in [0.15, 0.2) is 11.5 Å². The molecule has 138 valence electrons.